The van der Waals surface area contributed by atoms with Crippen LogP contribution in [0.3, 0.4) is 0 Å². The Morgan fingerprint density at radius 2 is 1.46 bits per heavy atom. The zero-order chi connectivity index (χ0) is 46.3. The summed E-state index contributed by atoms with van der Waals surface area (Å²) < 4.78 is 118. The van der Waals surface area contributed by atoms with Crippen molar-refractivity contribution in [2.24, 2.45) is 14.0 Å². The van der Waals surface area contributed by atoms with E-state index in [-0.39, 0.29) is 68.0 Å². The van der Waals surface area contributed by atoms with E-state index in [0.29, 0.717) is 13.0 Å². The Morgan fingerprint density at radius 1 is 0.873 bits per heavy atom. The molecule has 2 fully saturated rings. The third-order valence-electron chi connectivity index (χ3n) is 8.27. The van der Waals surface area contributed by atoms with Crippen molar-refractivity contribution in [3.8, 4) is 0 Å². The molecule has 8 atom stereocenters. The van der Waals surface area contributed by atoms with Crippen LogP contribution in [-0.4, -0.2) is 142 Å². The smallest absolute Gasteiger partial charge is 0.396 e. The number of amides is 1. The van der Waals surface area contributed by atoms with Crippen LogP contribution in [-0.2, 0) is 66.0 Å². The van der Waals surface area contributed by atoms with Crippen molar-refractivity contribution < 1.29 is 87.7 Å². The largest absolute Gasteiger partial charge is 0.472 e. The molecule has 2 aromatic rings. The number of nitrogens with zero attached hydrogens (tertiary/aromatic N) is 2. The van der Waals surface area contributed by atoms with Gasteiger partial charge in [-0.2, -0.15) is 16.8 Å². The van der Waals surface area contributed by atoms with Gasteiger partial charge in [0.15, 0.2) is 0 Å². The molecule has 8 unspecified atom stereocenters. The molecule has 2 saturated heterocycles. The second-order valence-electron chi connectivity index (χ2n) is 13.7. The van der Waals surface area contributed by atoms with Gasteiger partial charge in [0.2, 0.25) is 5.91 Å². The second kappa shape index (κ2) is 25.1. The fraction of sp³-hybridized carbons (Fsp3) is 0.606. The zero-order valence-corrected chi connectivity index (χ0v) is 40.0. The average Bonchev–Trinajstić information content (AvgIpc) is 3.65. The number of aryl methyl sites for hydroxylation is 1. The van der Waals surface area contributed by atoms with Crippen molar-refractivity contribution >= 4 is 76.5 Å². The molecular formula is C33H53N4O19P3S4. The lowest BCUT2D eigenvalue weighted by atomic mass is 10.2. The van der Waals surface area contributed by atoms with Gasteiger partial charge < -0.3 is 45.4 Å². The zero-order valence-electron chi connectivity index (χ0n) is 34.1. The predicted octanol–water partition coefficient (Wildman–Crippen LogP) is 3.51. The summed E-state index contributed by atoms with van der Waals surface area (Å²) in [5.41, 5.74) is 6.48. The van der Waals surface area contributed by atoms with Gasteiger partial charge in [0.05, 0.1) is 55.0 Å². The Hall–Kier alpha value is -1.36. The van der Waals surface area contributed by atoms with Crippen LogP contribution in [0.5, 0.6) is 0 Å². The molecule has 0 saturated carbocycles. The van der Waals surface area contributed by atoms with Crippen LogP contribution in [0.2, 0.25) is 0 Å². The van der Waals surface area contributed by atoms with Crippen LogP contribution in [0.15, 0.2) is 66.6 Å². The molecule has 358 valence electrons. The van der Waals surface area contributed by atoms with E-state index in [0.717, 1.165) is 17.7 Å². The second-order valence-corrected chi connectivity index (χ2v) is 24.7. The molecule has 63 heavy (non-hydrogen) atoms. The molecule has 0 aliphatic carbocycles. The van der Waals surface area contributed by atoms with Gasteiger partial charge in [-0.15, -0.1) is 0 Å². The van der Waals surface area contributed by atoms with Crippen molar-refractivity contribution in [3.05, 3.63) is 54.1 Å². The van der Waals surface area contributed by atoms with Gasteiger partial charge in [-0.3, -0.25) is 31.9 Å². The number of carbonyl (C=O) groups excluding carboxylic acids is 1. The number of ether oxygens (including phenoxy) is 2. The fourth-order valence-corrected chi connectivity index (χ4v) is 15.4. The number of aliphatic hydroxyl groups is 2. The van der Waals surface area contributed by atoms with Gasteiger partial charge in [0, 0.05) is 43.8 Å². The highest BCUT2D eigenvalue weighted by Crippen LogP contribution is 2.56. The third-order valence-corrected chi connectivity index (χ3v) is 18.9. The Morgan fingerprint density at radius 3 is 2.05 bits per heavy atom. The average molecular weight is 1030 g/mol. The van der Waals surface area contributed by atoms with Crippen molar-refractivity contribution in [1.82, 2.24) is 0 Å². The van der Waals surface area contributed by atoms with Gasteiger partial charge in [0.1, 0.15) is 18.3 Å². The number of aliphatic hydroxyl groups excluding tert-OH is 2. The molecule has 0 radical (unpaired) electrons. The van der Waals surface area contributed by atoms with E-state index in [9.17, 15) is 46.0 Å². The SMILES string of the molecule is CC(=O)Nc1ccc(S(=O)(=O)N=P(O)(OCC(O)COCCCN)OC2COC(COP(O)(=NS(=O)(=O)c3ccc(C)cc3)OC3CSSCC3OP(=O)(O)OCCCO)C2)cc1. The highest BCUT2D eigenvalue weighted by molar-refractivity contribution is 8.76. The van der Waals surface area contributed by atoms with E-state index in [1.54, 1.807) is 6.92 Å². The third kappa shape index (κ3) is 18.7. The van der Waals surface area contributed by atoms with E-state index in [2.05, 4.69) is 13.6 Å². The van der Waals surface area contributed by atoms with E-state index in [4.69, 9.17) is 47.5 Å². The molecule has 2 heterocycles. The molecule has 0 bridgehead atoms. The summed E-state index contributed by atoms with van der Waals surface area (Å²) in [5.74, 6) is -0.352. The van der Waals surface area contributed by atoms with Gasteiger partial charge in [-0.1, -0.05) is 47.6 Å². The molecule has 2 aliphatic rings. The summed E-state index contributed by atoms with van der Waals surface area (Å²) in [4.78, 5) is 44.4. The molecule has 23 nitrogen and oxygen atoms in total. The molecule has 8 N–H and O–H groups in total. The maximum Gasteiger partial charge on any atom is 0.472 e. The number of nitrogens with one attached hydrogen (secondary N) is 1. The summed E-state index contributed by atoms with van der Waals surface area (Å²) in [7, 11) is -21.2. The number of hydrogen-bond acceptors (Lipinski definition) is 19. The lowest BCUT2D eigenvalue weighted by molar-refractivity contribution is -0.114. The molecule has 2 aromatic carbocycles. The van der Waals surface area contributed by atoms with E-state index >= 15 is 0 Å². The Bertz CT molecular complexity index is 2180. The van der Waals surface area contributed by atoms with Crippen molar-refractivity contribution in [3.63, 3.8) is 0 Å². The molecule has 1 amide bonds. The van der Waals surface area contributed by atoms with Crippen LogP contribution in [0, 0.1) is 6.92 Å². The highest BCUT2D eigenvalue weighted by Gasteiger charge is 2.41. The molecule has 4 rings (SSSR count). The predicted molar refractivity (Wildman–Crippen MR) is 233 cm³/mol. The van der Waals surface area contributed by atoms with Crippen LogP contribution in [0.1, 0.15) is 31.7 Å². The van der Waals surface area contributed by atoms with Gasteiger partial charge in [0.25, 0.3) is 20.0 Å². The Labute approximate surface area is 373 Å². The molecule has 30 heteroatoms. The molecule has 0 aromatic heterocycles. The Kier molecular flexibility index (Phi) is 21.6. The first-order valence-corrected chi connectivity index (χ1v) is 29.0. The van der Waals surface area contributed by atoms with Crippen LogP contribution < -0.4 is 11.1 Å². The maximum atomic E-state index is 13.5. The summed E-state index contributed by atoms with van der Waals surface area (Å²) in [5, 5.41) is 22.0. The number of anilines is 1. The molecule has 0 spiro atoms. The van der Waals surface area contributed by atoms with Crippen LogP contribution >= 0.6 is 44.9 Å². The van der Waals surface area contributed by atoms with Crippen LogP contribution in [0.25, 0.3) is 0 Å². The number of nitrogens with two attached hydrogens (primary N) is 1. The van der Waals surface area contributed by atoms with E-state index in [1.807, 2.05) is 0 Å². The first kappa shape index (κ1) is 54.2. The van der Waals surface area contributed by atoms with Crippen molar-refractivity contribution in [2.75, 3.05) is 69.6 Å². The van der Waals surface area contributed by atoms with Gasteiger partial charge in [-0.25, -0.2) is 4.57 Å². The van der Waals surface area contributed by atoms with Crippen molar-refractivity contribution in [2.45, 2.75) is 73.4 Å². The summed E-state index contributed by atoms with van der Waals surface area (Å²) in [6, 6.07) is 10.4. The number of rotatable bonds is 26. The first-order valence-electron chi connectivity index (χ1n) is 19.1. The van der Waals surface area contributed by atoms with Crippen LogP contribution in [0.4, 0.5) is 5.69 Å². The number of phosphoric acid groups is 1. The minimum absolute atomic E-state index is 0.0102. The number of carbonyl (C=O) groups is 1. The number of phosphoric ester groups is 1. The number of hydrogen-bond donors (Lipinski definition) is 7. The summed E-state index contributed by atoms with van der Waals surface area (Å²) in [6.45, 7) is 1.07. The van der Waals surface area contributed by atoms with E-state index in [1.165, 1.54) is 64.9 Å². The summed E-state index contributed by atoms with van der Waals surface area (Å²) in [6.07, 6.45) is -5.67. The van der Waals surface area contributed by atoms with E-state index < -0.39 is 97.9 Å². The normalized spacial score (nSPS) is 22.9. The summed E-state index contributed by atoms with van der Waals surface area (Å²) >= 11 is 0. The minimum Gasteiger partial charge on any atom is -0.396 e. The molecule has 2 aliphatic heterocycles. The van der Waals surface area contributed by atoms with Gasteiger partial charge >= 0.3 is 23.3 Å². The number of sulfonamides is 2. The topological polar surface area (TPSA) is 340 Å². The maximum absolute atomic E-state index is 13.5. The highest BCUT2D eigenvalue weighted by atomic mass is 33.1. The number of benzene rings is 2. The fourth-order valence-electron chi connectivity index (χ4n) is 5.27. The Balaban J connectivity index is 1.56. The monoisotopic (exact) mass is 1030 g/mol. The standard InChI is InChI=1S/C33H53N4O19P3S4/c1-24-5-9-30(10-6-24)62(45,46)37-58(42,55-32-22-60-61-23-33(32)56-59(43,44)51-16-4-14-38)53-21-28-17-29(20-50-28)54-57(41,52-19-27(40)18-49-15-3-13-34)36-63(47,48)31-11-7-26(8-12-31)35-25(2)39/h5-12,27-29,32-33,38,40-42H,3-4,13-23,34H2,1-2H3,(H,35,39)(H,43,44). The quantitative estimate of drug-likeness (QED) is 0.0403. The molecular weight excluding hydrogens is 978 g/mol. The lowest BCUT2D eigenvalue weighted by Gasteiger charge is -2.33. The first-order chi connectivity index (χ1) is 29.7. The van der Waals surface area contributed by atoms with Crippen molar-refractivity contribution in [1.29, 1.82) is 0 Å². The van der Waals surface area contributed by atoms with Gasteiger partial charge in [-0.05, 0) is 62.7 Å². The lowest BCUT2D eigenvalue weighted by Crippen LogP contribution is -2.37. The minimum atomic E-state index is -4.85.